The maximum absolute atomic E-state index is 12.0. The highest BCUT2D eigenvalue weighted by molar-refractivity contribution is 7.10. The first-order chi connectivity index (χ1) is 8.23. The molecule has 1 aromatic rings. The van der Waals surface area contributed by atoms with Crippen molar-refractivity contribution >= 4 is 23.2 Å². The van der Waals surface area contributed by atoms with E-state index in [0.717, 1.165) is 10.4 Å². The van der Waals surface area contributed by atoms with E-state index in [4.69, 9.17) is 5.11 Å². The molecule has 0 aliphatic rings. The van der Waals surface area contributed by atoms with E-state index in [1.54, 1.807) is 32.1 Å². The average molecular weight is 269 g/mol. The first kappa shape index (κ1) is 14.7. The van der Waals surface area contributed by atoms with E-state index in [0.29, 0.717) is 6.54 Å². The van der Waals surface area contributed by atoms with Crippen molar-refractivity contribution in [1.29, 1.82) is 0 Å². The lowest BCUT2D eigenvalue weighted by Crippen LogP contribution is -2.42. The van der Waals surface area contributed by atoms with Crippen molar-refractivity contribution < 1.29 is 14.7 Å². The maximum Gasteiger partial charge on any atom is 0.316 e. The number of hydrogen-bond acceptors (Lipinski definition) is 3. The zero-order chi connectivity index (χ0) is 13.9. The summed E-state index contributed by atoms with van der Waals surface area (Å²) in [5, 5.41) is 13.8. The molecule has 0 saturated carbocycles. The molecule has 4 nitrogen and oxygen atoms in total. The Labute approximate surface area is 111 Å². The van der Waals surface area contributed by atoms with Gasteiger partial charge in [-0.2, -0.15) is 0 Å². The minimum atomic E-state index is -1.08. The van der Waals surface area contributed by atoms with Gasteiger partial charge in [0.15, 0.2) is 0 Å². The van der Waals surface area contributed by atoms with Gasteiger partial charge in [0.1, 0.15) is 5.92 Å². The Hall–Kier alpha value is -1.36. The summed E-state index contributed by atoms with van der Waals surface area (Å²) < 4.78 is 0. The molecule has 5 heteroatoms. The van der Waals surface area contributed by atoms with Gasteiger partial charge in [0.05, 0.1) is 6.54 Å². The van der Waals surface area contributed by atoms with Gasteiger partial charge in [0, 0.05) is 4.88 Å². The van der Waals surface area contributed by atoms with E-state index in [-0.39, 0.29) is 0 Å². The minimum absolute atomic E-state index is 0.391. The zero-order valence-corrected chi connectivity index (χ0v) is 11.9. The van der Waals surface area contributed by atoms with Gasteiger partial charge < -0.3 is 10.4 Å². The Balaban J connectivity index is 2.69. The van der Waals surface area contributed by atoms with E-state index in [1.165, 1.54) is 0 Å². The van der Waals surface area contributed by atoms with E-state index in [1.807, 2.05) is 18.4 Å². The number of thiophene rings is 1. The van der Waals surface area contributed by atoms with E-state index in [2.05, 4.69) is 5.32 Å². The maximum atomic E-state index is 12.0. The van der Waals surface area contributed by atoms with Gasteiger partial charge >= 0.3 is 5.97 Å². The van der Waals surface area contributed by atoms with Crippen molar-refractivity contribution in [1.82, 2.24) is 5.32 Å². The summed E-state index contributed by atoms with van der Waals surface area (Å²) in [5.41, 5.74) is 0.517. The highest BCUT2D eigenvalue weighted by atomic mass is 32.1. The molecule has 0 aromatic carbocycles. The number of carbonyl (C=O) groups excluding carboxylic acids is 1. The van der Waals surface area contributed by atoms with Crippen molar-refractivity contribution in [2.75, 3.05) is 0 Å². The molecule has 1 atom stereocenters. The van der Waals surface area contributed by atoms with Crippen LogP contribution in [-0.2, 0) is 16.1 Å². The Bertz CT molecular complexity index is 445. The molecule has 0 aliphatic carbocycles. The van der Waals surface area contributed by atoms with Crippen LogP contribution in [0.4, 0.5) is 0 Å². The van der Waals surface area contributed by atoms with Crippen LogP contribution in [0, 0.1) is 18.3 Å². The van der Waals surface area contributed by atoms with Crippen LogP contribution in [0.15, 0.2) is 11.4 Å². The molecule has 100 valence electrons. The van der Waals surface area contributed by atoms with Crippen molar-refractivity contribution in [2.24, 2.45) is 11.3 Å². The monoisotopic (exact) mass is 269 g/mol. The van der Waals surface area contributed by atoms with Gasteiger partial charge in [-0.1, -0.05) is 20.8 Å². The Morgan fingerprint density at radius 2 is 2.06 bits per heavy atom. The molecular weight excluding hydrogens is 250 g/mol. The third kappa shape index (κ3) is 3.57. The number of amides is 1. The van der Waals surface area contributed by atoms with Crippen LogP contribution in [0.25, 0.3) is 0 Å². The summed E-state index contributed by atoms with van der Waals surface area (Å²) in [6, 6.07) is 1.98. The molecular formula is C13H19NO3S. The molecule has 1 heterocycles. The summed E-state index contributed by atoms with van der Waals surface area (Å²) in [6.45, 7) is 7.61. The second kappa shape index (κ2) is 5.52. The van der Waals surface area contributed by atoms with Crippen molar-refractivity contribution in [2.45, 2.75) is 34.2 Å². The van der Waals surface area contributed by atoms with Crippen LogP contribution in [0.2, 0.25) is 0 Å². The molecule has 1 amide bonds. The van der Waals surface area contributed by atoms with Crippen molar-refractivity contribution in [3.8, 4) is 0 Å². The predicted octanol–water partition coefficient (Wildman–Crippen LogP) is 2.42. The normalized spacial score (nSPS) is 13.1. The van der Waals surface area contributed by atoms with Gasteiger partial charge in [-0.25, -0.2) is 0 Å². The predicted molar refractivity (Wildman–Crippen MR) is 71.5 cm³/mol. The fourth-order valence-electron chi connectivity index (χ4n) is 1.73. The quantitative estimate of drug-likeness (QED) is 0.825. The molecule has 2 N–H and O–H groups in total. The topological polar surface area (TPSA) is 66.4 Å². The molecule has 0 fully saturated rings. The number of aliphatic carboxylic acids is 1. The highest BCUT2D eigenvalue weighted by Gasteiger charge is 2.37. The Morgan fingerprint density at radius 1 is 1.44 bits per heavy atom. The smallest absolute Gasteiger partial charge is 0.316 e. The largest absolute Gasteiger partial charge is 0.481 e. The molecule has 18 heavy (non-hydrogen) atoms. The van der Waals surface area contributed by atoms with Crippen molar-refractivity contribution in [3.63, 3.8) is 0 Å². The van der Waals surface area contributed by atoms with Gasteiger partial charge in [-0.3, -0.25) is 9.59 Å². The van der Waals surface area contributed by atoms with Crippen molar-refractivity contribution in [3.05, 3.63) is 21.9 Å². The molecule has 0 radical (unpaired) electrons. The third-order valence-electron chi connectivity index (χ3n) is 2.77. The second-order valence-corrected chi connectivity index (χ2v) is 6.38. The molecule has 0 saturated heterocycles. The lowest BCUT2D eigenvalue weighted by Gasteiger charge is -2.25. The summed E-state index contributed by atoms with van der Waals surface area (Å²) in [6.07, 6.45) is 0. The van der Waals surface area contributed by atoms with E-state index < -0.39 is 23.2 Å². The number of carbonyl (C=O) groups is 2. The standard InChI is InChI=1S/C13H19NO3S/c1-8-5-6-18-9(8)7-14-11(15)10(12(16)17)13(2,3)4/h5-6,10H,7H2,1-4H3,(H,14,15)(H,16,17). The molecule has 0 spiro atoms. The molecule has 1 unspecified atom stereocenters. The molecule has 1 aromatic heterocycles. The summed E-state index contributed by atoms with van der Waals surface area (Å²) in [7, 11) is 0. The van der Waals surface area contributed by atoms with E-state index in [9.17, 15) is 9.59 Å². The third-order valence-corrected chi connectivity index (χ3v) is 3.79. The summed E-state index contributed by atoms with van der Waals surface area (Å²) >= 11 is 1.56. The van der Waals surface area contributed by atoms with Crippen LogP contribution in [0.5, 0.6) is 0 Å². The highest BCUT2D eigenvalue weighted by Crippen LogP contribution is 2.26. The number of carboxylic acids is 1. The zero-order valence-electron chi connectivity index (χ0n) is 11.1. The number of rotatable bonds is 4. The van der Waals surface area contributed by atoms with E-state index >= 15 is 0 Å². The second-order valence-electron chi connectivity index (χ2n) is 5.38. The number of carboxylic acid groups (broad SMARTS) is 1. The fourth-order valence-corrected chi connectivity index (χ4v) is 2.58. The number of aryl methyl sites for hydroxylation is 1. The van der Waals surface area contributed by atoms with Gasteiger partial charge in [0.2, 0.25) is 5.91 Å². The first-order valence-corrected chi connectivity index (χ1v) is 6.65. The Morgan fingerprint density at radius 3 is 2.44 bits per heavy atom. The molecule has 1 rings (SSSR count). The molecule has 0 bridgehead atoms. The van der Waals surface area contributed by atoms with Crippen LogP contribution in [0.1, 0.15) is 31.2 Å². The lowest BCUT2D eigenvalue weighted by atomic mass is 9.80. The molecule has 0 aliphatic heterocycles. The first-order valence-electron chi connectivity index (χ1n) is 5.77. The van der Waals surface area contributed by atoms with Gasteiger partial charge in [0.25, 0.3) is 0 Å². The van der Waals surface area contributed by atoms with Crippen LogP contribution in [-0.4, -0.2) is 17.0 Å². The number of hydrogen-bond donors (Lipinski definition) is 2. The van der Waals surface area contributed by atoms with Gasteiger partial charge in [-0.15, -0.1) is 11.3 Å². The fraction of sp³-hybridized carbons (Fsp3) is 0.538. The van der Waals surface area contributed by atoms with Crippen LogP contribution < -0.4 is 5.32 Å². The number of nitrogens with one attached hydrogen (secondary N) is 1. The summed E-state index contributed by atoms with van der Waals surface area (Å²) in [5.74, 6) is -2.54. The lowest BCUT2D eigenvalue weighted by molar-refractivity contribution is -0.151. The average Bonchev–Trinajstić information content (AvgIpc) is 2.58. The Kier molecular flexibility index (Phi) is 4.51. The minimum Gasteiger partial charge on any atom is -0.481 e. The summed E-state index contributed by atoms with van der Waals surface area (Å²) in [4.78, 5) is 24.2. The van der Waals surface area contributed by atoms with Crippen LogP contribution in [0.3, 0.4) is 0 Å². The van der Waals surface area contributed by atoms with Gasteiger partial charge in [-0.05, 0) is 29.3 Å². The SMILES string of the molecule is Cc1ccsc1CNC(=O)C(C(=O)O)C(C)(C)C. The van der Waals surface area contributed by atoms with Crippen LogP contribution >= 0.6 is 11.3 Å².